The first-order valence-corrected chi connectivity index (χ1v) is 5.77. The summed E-state index contributed by atoms with van der Waals surface area (Å²) in [6.07, 6.45) is 3.14. The standard InChI is InChI=1S/C9H17NO2S/c1-12-9(11)4-5-10-7-8-3-2-6-13-8/h8,10H,2-7H2,1H3. The molecule has 13 heavy (non-hydrogen) atoms. The Morgan fingerprint density at radius 3 is 3.15 bits per heavy atom. The Morgan fingerprint density at radius 1 is 1.69 bits per heavy atom. The molecular weight excluding hydrogens is 186 g/mol. The molecule has 4 heteroatoms. The molecule has 1 rings (SSSR count). The maximum Gasteiger partial charge on any atom is 0.306 e. The third-order valence-corrected chi connectivity index (χ3v) is 3.53. The zero-order chi connectivity index (χ0) is 9.52. The second-order valence-electron chi connectivity index (χ2n) is 3.17. The van der Waals surface area contributed by atoms with E-state index in [1.165, 1.54) is 25.7 Å². The zero-order valence-electron chi connectivity index (χ0n) is 8.04. The average Bonchev–Trinajstić information content (AvgIpc) is 2.64. The van der Waals surface area contributed by atoms with E-state index in [4.69, 9.17) is 0 Å². The van der Waals surface area contributed by atoms with Crippen LogP contribution in [0.1, 0.15) is 19.3 Å². The van der Waals surface area contributed by atoms with E-state index in [0.717, 1.165) is 18.3 Å². The molecule has 0 amide bonds. The fraction of sp³-hybridized carbons (Fsp3) is 0.889. The quantitative estimate of drug-likeness (QED) is 0.535. The van der Waals surface area contributed by atoms with E-state index in [2.05, 4.69) is 10.1 Å². The van der Waals surface area contributed by atoms with E-state index >= 15 is 0 Å². The third kappa shape index (κ3) is 4.52. The van der Waals surface area contributed by atoms with Gasteiger partial charge in [0, 0.05) is 18.3 Å². The van der Waals surface area contributed by atoms with Crippen molar-refractivity contribution >= 4 is 17.7 Å². The molecule has 76 valence electrons. The lowest BCUT2D eigenvalue weighted by Gasteiger charge is -2.08. The van der Waals surface area contributed by atoms with Crippen molar-refractivity contribution < 1.29 is 9.53 Å². The molecule has 0 radical (unpaired) electrons. The van der Waals surface area contributed by atoms with E-state index in [0.29, 0.717) is 6.42 Å². The molecule has 0 aliphatic carbocycles. The number of hydrogen-bond acceptors (Lipinski definition) is 4. The maximum atomic E-state index is 10.7. The summed E-state index contributed by atoms with van der Waals surface area (Å²) in [4.78, 5) is 10.7. The summed E-state index contributed by atoms with van der Waals surface area (Å²) in [6.45, 7) is 1.77. The topological polar surface area (TPSA) is 38.3 Å². The van der Waals surface area contributed by atoms with Crippen molar-refractivity contribution in [3.8, 4) is 0 Å². The van der Waals surface area contributed by atoms with E-state index in [1.807, 2.05) is 11.8 Å². The van der Waals surface area contributed by atoms with Crippen LogP contribution in [0, 0.1) is 0 Å². The molecule has 0 bridgehead atoms. The first-order chi connectivity index (χ1) is 6.33. The van der Waals surface area contributed by atoms with E-state index in [1.54, 1.807) is 0 Å². The summed E-state index contributed by atoms with van der Waals surface area (Å²) in [5.74, 6) is 1.16. The molecule has 1 aliphatic rings. The Kier molecular flexibility index (Phi) is 5.23. The average molecular weight is 203 g/mol. The summed E-state index contributed by atoms with van der Waals surface area (Å²) < 4.78 is 4.54. The van der Waals surface area contributed by atoms with Crippen LogP contribution in [0.4, 0.5) is 0 Å². The second kappa shape index (κ2) is 6.27. The van der Waals surface area contributed by atoms with Crippen LogP contribution in [0.2, 0.25) is 0 Å². The molecule has 3 nitrogen and oxygen atoms in total. The number of carbonyl (C=O) groups is 1. The Morgan fingerprint density at radius 2 is 2.54 bits per heavy atom. The largest absolute Gasteiger partial charge is 0.469 e. The summed E-state index contributed by atoms with van der Waals surface area (Å²) >= 11 is 2.03. The lowest BCUT2D eigenvalue weighted by Crippen LogP contribution is -2.25. The molecule has 0 aromatic rings. The first kappa shape index (κ1) is 10.9. The summed E-state index contributed by atoms with van der Waals surface area (Å²) in [6, 6.07) is 0. The Bertz CT molecular complexity index is 158. The monoisotopic (exact) mass is 203 g/mol. The van der Waals surface area contributed by atoms with Gasteiger partial charge in [-0.15, -0.1) is 0 Å². The molecule has 0 aromatic heterocycles. The van der Waals surface area contributed by atoms with Crippen LogP contribution in [0.15, 0.2) is 0 Å². The van der Waals surface area contributed by atoms with Gasteiger partial charge in [0.2, 0.25) is 0 Å². The Hall–Kier alpha value is -0.220. The van der Waals surface area contributed by atoms with Crippen LogP contribution in [-0.4, -0.2) is 37.2 Å². The van der Waals surface area contributed by atoms with Gasteiger partial charge in [0.15, 0.2) is 0 Å². The molecule has 1 heterocycles. The van der Waals surface area contributed by atoms with Crippen molar-refractivity contribution in [3.63, 3.8) is 0 Å². The van der Waals surface area contributed by atoms with Gasteiger partial charge in [0.25, 0.3) is 0 Å². The number of thioether (sulfide) groups is 1. The lowest BCUT2D eigenvalue weighted by atomic mass is 10.2. The molecule has 1 saturated heterocycles. The number of methoxy groups -OCH3 is 1. The number of ether oxygens (including phenoxy) is 1. The van der Waals surface area contributed by atoms with Crippen molar-refractivity contribution in [2.24, 2.45) is 0 Å². The van der Waals surface area contributed by atoms with Crippen LogP contribution in [0.5, 0.6) is 0 Å². The lowest BCUT2D eigenvalue weighted by molar-refractivity contribution is -0.140. The highest BCUT2D eigenvalue weighted by atomic mass is 32.2. The Labute approximate surface area is 83.6 Å². The molecule has 1 aliphatic heterocycles. The zero-order valence-corrected chi connectivity index (χ0v) is 8.86. The van der Waals surface area contributed by atoms with Crippen LogP contribution in [0.3, 0.4) is 0 Å². The molecule has 0 aromatic carbocycles. The van der Waals surface area contributed by atoms with Crippen molar-refractivity contribution in [3.05, 3.63) is 0 Å². The predicted octanol–water partition coefficient (Wildman–Crippen LogP) is 1.03. The Balaban J connectivity index is 1.91. The van der Waals surface area contributed by atoms with Gasteiger partial charge in [0.1, 0.15) is 0 Å². The van der Waals surface area contributed by atoms with Gasteiger partial charge in [-0.25, -0.2) is 0 Å². The highest BCUT2D eigenvalue weighted by molar-refractivity contribution is 8.00. The molecule has 1 unspecified atom stereocenters. The van der Waals surface area contributed by atoms with Crippen LogP contribution in [0.25, 0.3) is 0 Å². The minimum atomic E-state index is -0.133. The van der Waals surface area contributed by atoms with E-state index in [9.17, 15) is 4.79 Å². The first-order valence-electron chi connectivity index (χ1n) is 4.72. The van der Waals surface area contributed by atoms with E-state index in [-0.39, 0.29) is 5.97 Å². The molecule has 1 N–H and O–H groups in total. The normalized spacial score (nSPS) is 21.8. The SMILES string of the molecule is COC(=O)CCNCC1CCCS1. The van der Waals surface area contributed by atoms with Crippen LogP contribution < -0.4 is 5.32 Å². The minimum Gasteiger partial charge on any atom is -0.469 e. The van der Waals surface area contributed by atoms with E-state index < -0.39 is 0 Å². The summed E-state index contributed by atoms with van der Waals surface area (Å²) in [5, 5.41) is 4.03. The van der Waals surface area contributed by atoms with Crippen molar-refractivity contribution in [2.45, 2.75) is 24.5 Å². The number of esters is 1. The van der Waals surface area contributed by atoms with Gasteiger partial charge in [-0.05, 0) is 18.6 Å². The number of rotatable bonds is 5. The van der Waals surface area contributed by atoms with Gasteiger partial charge in [-0.2, -0.15) is 11.8 Å². The molecule has 1 fully saturated rings. The van der Waals surface area contributed by atoms with Gasteiger partial charge in [0.05, 0.1) is 13.5 Å². The predicted molar refractivity (Wildman–Crippen MR) is 55.0 cm³/mol. The molecular formula is C9H17NO2S. The van der Waals surface area contributed by atoms with Crippen molar-refractivity contribution in [1.82, 2.24) is 5.32 Å². The smallest absolute Gasteiger partial charge is 0.306 e. The van der Waals surface area contributed by atoms with Gasteiger partial charge >= 0.3 is 5.97 Å². The molecule has 0 saturated carbocycles. The molecule has 1 atom stereocenters. The molecule has 0 spiro atoms. The van der Waals surface area contributed by atoms with Crippen LogP contribution in [-0.2, 0) is 9.53 Å². The maximum absolute atomic E-state index is 10.7. The van der Waals surface area contributed by atoms with Gasteiger partial charge in [-0.3, -0.25) is 4.79 Å². The number of carbonyl (C=O) groups excluding carboxylic acids is 1. The fourth-order valence-electron chi connectivity index (χ4n) is 1.36. The number of nitrogens with one attached hydrogen (secondary N) is 1. The van der Waals surface area contributed by atoms with Gasteiger partial charge < -0.3 is 10.1 Å². The van der Waals surface area contributed by atoms with Crippen LogP contribution >= 0.6 is 11.8 Å². The van der Waals surface area contributed by atoms with Gasteiger partial charge in [-0.1, -0.05) is 0 Å². The summed E-state index contributed by atoms with van der Waals surface area (Å²) in [5.41, 5.74) is 0. The minimum absolute atomic E-state index is 0.133. The second-order valence-corrected chi connectivity index (χ2v) is 4.57. The highest BCUT2D eigenvalue weighted by Gasteiger charge is 2.14. The van der Waals surface area contributed by atoms with Crippen molar-refractivity contribution in [1.29, 1.82) is 0 Å². The summed E-state index contributed by atoms with van der Waals surface area (Å²) in [7, 11) is 1.43. The third-order valence-electron chi connectivity index (χ3n) is 2.13. The van der Waals surface area contributed by atoms with Crippen molar-refractivity contribution in [2.75, 3.05) is 26.0 Å². The fourth-order valence-corrected chi connectivity index (χ4v) is 2.60. The highest BCUT2D eigenvalue weighted by Crippen LogP contribution is 2.25. The number of hydrogen-bond donors (Lipinski definition) is 1.